The summed E-state index contributed by atoms with van der Waals surface area (Å²) in [6, 6.07) is 19.0. The predicted molar refractivity (Wildman–Crippen MR) is 140 cm³/mol. The van der Waals surface area contributed by atoms with Crippen LogP contribution in [0.25, 0.3) is 16.9 Å². The number of urea groups is 1. The highest BCUT2D eigenvalue weighted by Crippen LogP contribution is 2.31. The van der Waals surface area contributed by atoms with Crippen molar-refractivity contribution in [2.75, 3.05) is 32.1 Å². The molecule has 2 amide bonds. The molecule has 192 valence electrons. The number of hydroxylamine groups is 2. The van der Waals surface area contributed by atoms with E-state index in [-0.39, 0.29) is 18.2 Å². The lowest BCUT2D eigenvalue weighted by Crippen LogP contribution is -2.42. The molecule has 2 aromatic carbocycles. The molecule has 0 aliphatic carbocycles. The molecule has 0 spiro atoms. The molecule has 10 heteroatoms. The van der Waals surface area contributed by atoms with Crippen LogP contribution in [0.15, 0.2) is 73.1 Å². The zero-order valence-electron chi connectivity index (χ0n) is 21.2. The maximum atomic E-state index is 13.4. The van der Waals surface area contributed by atoms with Crippen LogP contribution in [0.1, 0.15) is 17.2 Å². The first kappa shape index (κ1) is 24.7. The van der Waals surface area contributed by atoms with Crippen LogP contribution in [0.5, 0.6) is 0 Å². The molecule has 1 aliphatic heterocycles. The third-order valence-electron chi connectivity index (χ3n) is 6.35. The molecule has 1 fully saturated rings. The molecule has 10 nitrogen and oxygen atoms in total. The monoisotopic (exact) mass is 501 g/mol. The van der Waals surface area contributed by atoms with Crippen molar-refractivity contribution >= 4 is 11.8 Å². The minimum absolute atomic E-state index is 0.259. The number of hydrogen-bond acceptors (Lipinski definition) is 6. The number of anilines is 1. The van der Waals surface area contributed by atoms with Gasteiger partial charge in [0.05, 0.1) is 24.5 Å². The van der Waals surface area contributed by atoms with Gasteiger partial charge in [0.2, 0.25) is 0 Å². The summed E-state index contributed by atoms with van der Waals surface area (Å²) in [6.07, 6.45) is 3.36. The van der Waals surface area contributed by atoms with E-state index in [4.69, 9.17) is 14.7 Å². The lowest BCUT2D eigenvalue weighted by atomic mass is 10.0. The minimum Gasteiger partial charge on any atom is -0.383 e. The van der Waals surface area contributed by atoms with E-state index in [1.54, 1.807) is 22.7 Å². The van der Waals surface area contributed by atoms with Gasteiger partial charge in [-0.3, -0.25) is 14.8 Å². The van der Waals surface area contributed by atoms with Crippen molar-refractivity contribution < 1.29 is 14.4 Å². The molecule has 1 aliphatic rings. The molecule has 1 saturated heterocycles. The van der Waals surface area contributed by atoms with Crippen molar-refractivity contribution in [1.82, 2.24) is 29.9 Å². The maximum absolute atomic E-state index is 13.4. The zero-order valence-corrected chi connectivity index (χ0v) is 21.2. The Hall–Kier alpha value is -3.99. The Morgan fingerprint density at radius 3 is 2.54 bits per heavy atom. The van der Waals surface area contributed by atoms with Crippen molar-refractivity contribution in [2.45, 2.75) is 19.1 Å². The maximum Gasteiger partial charge on any atom is 0.320 e. The van der Waals surface area contributed by atoms with Crippen LogP contribution in [0.4, 0.5) is 10.6 Å². The van der Waals surface area contributed by atoms with Crippen LogP contribution >= 0.6 is 0 Å². The summed E-state index contributed by atoms with van der Waals surface area (Å²) in [5.41, 5.74) is 4.31. The summed E-state index contributed by atoms with van der Waals surface area (Å²) >= 11 is 0. The van der Waals surface area contributed by atoms with Gasteiger partial charge in [-0.1, -0.05) is 48.5 Å². The fraction of sp³-hybridized carbons (Fsp3) is 0.296. The molecule has 2 aromatic heterocycles. The van der Waals surface area contributed by atoms with Gasteiger partial charge in [0.15, 0.2) is 0 Å². The minimum atomic E-state index is -0.332. The van der Waals surface area contributed by atoms with Gasteiger partial charge in [0.25, 0.3) is 0 Å². The number of nitrogens with zero attached hydrogens (tertiary/aromatic N) is 5. The van der Waals surface area contributed by atoms with Gasteiger partial charge in [0, 0.05) is 44.6 Å². The van der Waals surface area contributed by atoms with Crippen molar-refractivity contribution in [1.29, 1.82) is 0 Å². The number of methoxy groups -OCH3 is 1. The molecule has 0 bridgehead atoms. The standard InChI is InChI=1S/C27H31N7O3/c1-19-24(21-16-28-32(2)17-21)31-34(22-12-8-5-9-13-22)26(19)30-27(35)29-23-18-33(14-15-36-3)37-25(23)20-10-6-4-7-11-20/h4-13,16-17,23,25H,14-15,18H2,1-3H3,(H2,29,30,35)/t23-,25+/m1/s1. The fourth-order valence-electron chi connectivity index (χ4n) is 4.52. The Morgan fingerprint density at radius 2 is 1.86 bits per heavy atom. The smallest absolute Gasteiger partial charge is 0.320 e. The number of hydrogen-bond donors (Lipinski definition) is 2. The topological polar surface area (TPSA) is 98.5 Å². The van der Waals surface area contributed by atoms with Crippen LogP contribution in [0.2, 0.25) is 0 Å². The molecule has 5 rings (SSSR count). The van der Waals surface area contributed by atoms with Gasteiger partial charge in [0.1, 0.15) is 17.6 Å². The average molecular weight is 502 g/mol. The number of ether oxygens (including phenoxy) is 1. The van der Waals surface area contributed by atoms with E-state index < -0.39 is 0 Å². The van der Waals surface area contributed by atoms with Gasteiger partial charge in [-0.2, -0.15) is 15.3 Å². The Kier molecular flexibility index (Phi) is 7.31. The van der Waals surface area contributed by atoms with E-state index in [0.29, 0.717) is 25.5 Å². The fourth-order valence-corrected chi connectivity index (χ4v) is 4.52. The number of aromatic nitrogens is 4. The molecule has 2 atom stereocenters. The van der Waals surface area contributed by atoms with E-state index in [1.165, 1.54) is 0 Å². The highest BCUT2D eigenvalue weighted by molar-refractivity contribution is 5.91. The van der Waals surface area contributed by atoms with E-state index in [2.05, 4.69) is 15.7 Å². The zero-order chi connectivity index (χ0) is 25.8. The SMILES string of the molecule is COCCN1C[C@@H](NC(=O)Nc2c(C)c(-c3cnn(C)c3)nn2-c2ccccc2)[C@H](c2ccccc2)O1. The Morgan fingerprint density at radius 1 is 1.14 bits per heavy atom. The number of benzene rings is 2. The van der Waals surface area contributed by atoms with Crippen LogP contribution in [-0.4, -0.2) is 63.5 Å². The summed E-state index contributed by atoms with van der Waals surface area (Å²) < 4.78 is 8.70. The average Bonchev–Trinajstić information content (AvgIpc) is 3.61. The summed E-state index contributed by atoms with van der Waals surface area (Å²) in [5, 5.41) is 17.1. The first-order valence-corrected chi connectivity index (χ1v) is 12.2. The Balaban J connectivity index is 1.41. The third-order valence-corrected chi connectivity index (χ3v) is 6.35. The molecule has 2 N–H and O–H groups in total. The second-order valence-corrected chi connectivity index (χ2v) is 8.99. The highest BCUT2D eigenvalue weighted by atomic mass is 16.7. The summed E-state index contributed by atoms with van der Waals surface area (Å²) in [6.45, 7) is 3.62. The van der Waals surface area contributed by atoms with Crippen LogP contribution in [-0.2, 0) is 16.6 Å². The largest absolute Gasteiger partial charge is 0.383 e. The first-order valence-electron chi connectivity index (χ1n) is 12.2. The van der Waals surface area contributed by atoms with E-state index in [9.17, 15) is 4.79 Å². The van der Waals surface area contributed by atoms with Gasteiger partial charge in [-0.15, -0.1) is 0 Å². The van der Waals surface area contributed by atoms with Gasteiger partial charge < -0.3 is 10.1 Å². The molecule has 0 radical (unpaired) electrons. The van der Waals surface area contributed by atoms with E-state index in [1.807, 2.05) is 85.9 Å². The number of aryl methyl sites for hydroxylation is 1. The van der Waals surface area contributed by atoms with Crippen LogP contribution in [0, 0.1) is 6.92 Å². The second kappa shape index (κ2) is 11.0. The van der Waals surface area contributed by atoms with Crippen LogP contribution < -0.4 is 10.6 Å². The van der Waals surface area contributed by atoms with Gasteiger partial charge >= 0.3 is 6.03 Å². The number of para-hydroxylation sites is 1. The molecule has 3 heterocycles. The highest BCUT2D eigenvalue weighted by Gasteiger charge is 2.36. The van der Waals surface area contributed by atoms with Crippen molar-refractivity contribution in [3.05, 3.63) is 84.2 Å². The number of amides is 2. The summed E-state index contributed by atoms with van der Waals surface area (Å²) in [7, 11) is 3.52. The Bertz CT molecular complexity index is 1340. The van der Waals surface area contributed by atoms with Crippen molar-refractivity contribution in [3.8, 4) is 16.9 Å². The first-order chi connectivity index (χ1) is 18.0. The lowest BCUT2D eigenvalue weighted by Gasteiger charge is -2.19. The van der Waals surface area contributed by atoms with Gasteiger partial charge in [-0.05, 0) is 24.6 Å². The summed E-state index contributed by atoms with van der Waals surface area (Å²) in [4.78, 5) is 19.6. The molecule has 0 unspecified atom stereocenters. The molecular formula is C27H31N7O3. The molecule has 37 heavy (non-hydrogen) atoms. The number of nitrogens with one attached hydrogen (secondary N) is 2. The van der Waals surface area contributed by atoms with Gasteiger partial charge in [-0.25, -0.2) is 9.48 Å². The normalized spacial score (nSPS) is 17.7. The van der Waals surface area contributed by atoms with Crippen LogP contribution in [0.3, 0.4) is 0 Å². The lowest BCUT2D eigenvalue weighted by molar-refractivity contribution is -0.154. The third kappa shape index (κ3) is 5.41. The van der Waals surface area contributed by atoms with Crippen molar-refractivity contribution in [3.63, 3.8) is 0 Å². The summed E-state index contributed by atoms with van der Waals surface area (Å²) in [5.74, 6) is 0.592. The number of carbonyl (C=O) groups excluding carboxylic acids is 1. The van der Waals surface area contributed by atoms with E-state index >= 15 is 0 Å². The number of carbonyl (C=O) groups is 1. The molecule has 4 aromatic rings. The van der Waals surface area contributed by atoms with E-state index in [0.717, 1.165) is 28.1 Å². The number of rotatable bonds is 8. The quantitative estimate of drug-likeness (QED) is 0.382. The molecular weight excluding hydrogens is 470 g/mol. The Labute approximate surface area is 215 Å². The predicted octanol–water partition coefficient (Wildman–Crippen LogP) is 3.71. The second-order valence-electron chi connectivity index (χ2n) is 8.99. The molecule has 0 saturated carbocycles. The van der Waals surface area contributed by atoms with Crippen molar-refractivity contribution in [2.24, 2.45) is 7.05 Å².